The molecule has 0 heterocycles. The van der Waals surface area contributed by atoms with Crippen molar-refractivity contribution in [3.05, 3.63) is 11.6 Å². The quantitative estimate of drug-likeness (QED) is 0.594. The largest absolute Gasteiger partial charge is 0.460 e. The Balaban J connectivity index is 2.41. The maximum atomic E-state index is 11.5. The number of hydrogen-bond acceptors (Lipinski definition) is 3. The molecule has 0 unspecified atom stereocenters. The van der Waals surface area contributed by atoms with Crippen molar-refractivity contribution in [2.75, 3.05) is 0 Å². The van der Waals surface area contributed by atoms with Crippen LogP contribution in [0.3, 0.4) is 0 Å². The van der Waals surface area contributed by atoms with E-state index in [4.69, 9.17) is 4.74 Å². The van der Waals surface area contributed by atoms with Gasteiger partial charge in [0.1, 0.15) is 5.60 Å². The van der Waals surface area contributed by atoms with Gasteiger partial charge in [-0.3, -0.25) is 4.79 Å². The van der Waals surface area contributed by atoms with Crippen molar-refractivity contribution >= 4 is 5.97 Å². The van der Waals surface area contributed by atoms with E-state index in [-0.39, 0.29) is 12.4 Å². The second-order valence-electron chi connectivity index (χ2n) is 5.33. The van der Waals surface area contributed by atoms with Crippen LogP contribution < -0.4 is 0 Å². The van der Waals surface area contributed by atoms with Gasteiger partial charge in [0.25, 0.3) is 0 Å². The lowest BCUT2D eigenvalue weighted by Crippen LogP contribution is -2.27. The summed E-state index contributed by atoms with van der Waals surface area (Å²) in [4.78, 5) is 11.5. The standard InChI is InChI=1S/C13H22O3/c1-13(2,3)16-12(15)9-11(14)10-7-5-4-6-8-10/h7,11,14H,4-6,8-9H2,1-3H3/t11-/m1/s1. The summed E-state index contributed by atoms with van der Waals surface area (Å²) in [7, 11) is 0. The van der Waals surface area contributed by atoms with E-state index in [9.17, 15) is 9.90 Å². The van der Waals surface area contributed by atoms with Gasteiger partial charge >= 0.3 is 5.97 Å². The summed E-state index contributed by atoms with van der Waals surface area (Å²) in [5.74, 6) is -0.327. The first-order valence-electron chi connectivity index (χ1n) is 5.97. The molecule has 1 rings (SSSR count). The highest BCUT2D eigenvalue weighted by Crippen LogP contribution is 2.22. The van der Waals surface area contributed by atoms with Crippen molar-refractivity contribution in [1.29, 1.82) is 0 Å². The van der Waals surface area contributed by atoms with Crippen LogP contribution in [0.4, 0.5) is 0 Å². The van der Waals surface area contributed by atoms with Gasteiger partial charge in [-0.05, 0) is 52.0 Å². The number of esters is 1. The SMILES string of the molecule is CC(C)(C)OC(=O)C[C@@H](O)C1=CCCCC1. The Morgan fingerprint density at radius 3 is 2.69 bits per heavy atom. The lowest BCUT2D eigenvalue weighted by atomic mass is 9.94. The topological polar surface area (TPSA) is 46.5 Å². The van der Waals surface area contributed by atoms with Gasteiger partial charge in [-0.1, -0.05) is 6.08 Å². The minimum absolute atomic E-state index is 0.0725. The summed E-state index contributed by atoms with van der Waals surface area (Å²) in [6.45, 7) is 5.49. The van der Waals surface area contributed by atoms with Crippen molar-refractivity contribution in [3.8, 4) is 0 Å². The van der Waals surface area contributed by atoms with Crippen LogP contribution in [0.1, 0.15) is 52.9 Å². The van der Waals surface area contributed by atoms with Crippen LogP contribution in [0.2, 0.25) is 0 Å². The maximum absolute atomic E-state index is 11.5. The monoisotopic (exact) mass is 226 g/mol. The number of aliphatic hydroxyl groups excluding tert-OH is 1. The molecule has 0 amide bonds. The van der Waals surface area contributed by atoms with Gasteiger partial charge in [0, 0.05) is 0 Å². The van der Waals surface area contributed by atoms with Crippen LogP contribution in [-0.4, -0.2) is 22.8 Å². The van der Waals surface area contributed by atoms with E-state index in [1.807, 2.05) is 20.8 Å². The van der Waals surface area contributed by atoms with E-state index in [0.717, 1.165) is 24.8 Å². The highest BCUT2D eigenvalue weighted by atomic mass is 16.6. The molecule has 1 N–H and O–H groups in total. The molecule has 0 radical (unpaired) electrons. The fourth-order valence-corrected chi connectivity index (χ4v) is 1.84. The molecule has 92 valence electrons. The number of allylic oxidation sites excluding steroid dienone is 1. The summed E-state index contributed by atoms with van der Waals surface area (Å²) in [6, 6.07) is 0. The van der Waals surface area contributed by atoms with Crippen molar-refractivity contribution in [2.45, 2.75) is 64.6 Å². The molecule has 0 aromatic carbocycles. The summed E-state index contributed by atoms with van der Waals surface area (Å²) in [6.07, 6.45) is 5.68. The average molecular weight is 226 g/mol. The van der Waals surface area contributed by atoms with Crippen molar-refractivity contribution in [1.82, 2.24) is 0 Å². The predicted molar refractivity (Wildman–Crippen MR) is 63.0 cm³/mol. The van der Waals surface area contributed by atoms with Crippen LogP contribution in [0.5, 0.6) is 0 Å². The van der Waals surface area contributed by atoms with E-state index in [2.05, 4.69) is 6.08 Å². The highest BCUT2D eigenvalue weighted by Gasteiger charge is 2.21. The van der Waals surface area contributed by atoms with Gasteiger partial charge in [-0.25, -0.2) is 0 Å². The molecule has 0 spiro atoms. The van der Waals surface area contributed by atoms with Crippen LogP contribution >= 0.6 is 0 Å². The molecule has 3 nitrogen and oxygen atoms in total. The van der Waals surface area contributed by atoms with E-state index < -0.39 is 11.7 Å². The van der Waals surface area contributed by atoms with Crippen molar-refractivity contribution in [2.24, 2.45) is 0 Å². The molecule has 0 aromatic heterocycles. The summed E-state index contributed by atoms with van der Waals surface area (Å²) in [5.41, 5.74) is 0.523. The van der Waals surface area contributed by atoms with E-state index in [1.165, 1.54) is 6.42 Å². The second kappa shape index (κ2) is 5.48. The van der Waals surface area contributed by atoms with E-state index in [0.29, 0.717) is 0 Å². The van der Waals surface area contributed by atoms with Crippen molar-refractivity contribution in [3.63, 3.8) is 0 Å². The Bertz CT molecular complexity index is 273. The Kier molecular flexibility index (Phi) is 4.54. The summed E-state index contributed by atoms with van der Waals surface area (Å²) < 4.78 is 5.17. The second-order valence-corrected chi connectivity index (χ2v) is 5.33. The summed E-state index contributed by atoms with van der Waals surface area (Å²) >= 11 is 0. The maximum Gasteiger partial charge on any atom is 0.309 e. The van der Waals surface area contributed by atoms with Gasteiger partial charge < -0.3 is 9.84 Å². The van der Waals surface area contributed by atoms with Gasteiger partial charge in [0.15, 0.2) is 0 Å². The lowest BCUT2D eigenvalue weighted by Gasteiger charge is -2.22. The van der Waals surface area contributed by atoms with Crippen LogP contribution in [0, 0.1) is 0 Å². The fraction of sp³-hybridized carbons (Fsp3) is 0.769. The molecule has 0 aromatic rings. The Morgan fingerprint density at radius 2 is 2.19 bits per heavy atom. The zero-order valence-electron chi connectivity index (χ0n) is 10.5. The fourth-order valence-electron chi connectivity index (χ4n) is 1.84. The van der Waals surface area contributed by atoms with E-state index in [1.54, 1.807) is 0 Å². The summed E-state index contributed by atoms with van der Waals surface area (Å²) in [5, 5.41) is 9.87. The number of hydrogen-bond donors (Lipinski definition) is 1. The zero-order chi connectivity index (χ0) is 12.2. The first-order valence-corrected chi connectivity index (χ1v) is 5.97. The highest BCUT2D eigenvalue weighted by molar-refractivity contribution is 5.71. The predicted octanol–water partition coefficient (Wildman–Crippen LogP) is 2.58. The molecule has 1 aliphatic rings. The zero-order valence-corrected chi connectivity index (χ0v) is 10.5. The molecule has 3 heteroatoms. The minimum atomic E-state index is -0.657. The molecule has 0 saturated carbocycles. The molecular formula is C13H22O3. The number of carbonyl (C=O) groups is 1. The molecule has 16 heavy (non-hydrogen) atoms. The molecular weight excluding hydrogens is 204 g/mol. The molecule has 0 aliphatic heterocycles. The third-order valence-electron chi connectivity index (χ3n) is 2.53. The van der Waals surface area contributed by atoms with Crippen LogP contribution in [0.25, 0.3) is 0 Å². The van der Waals surface area contributed by atoms with E-state index >= 15 is 0 Å². The van der Waals surface area contributed by atoms with Gasteiger partial charge in [-0.2, -0.15) is 0 Å². The normalized spacial score (nSPS) is 18.9. The Hall–Kier alpha value is -0.830. The first kappa shape index (κ1) is 13.2. The number of carbonyl (C=O) groups excluding carboxylic acids is 1. The molecule has 1 aliphatic carbocycles. The third kappa shape index (κ3) is 4.79. The Labute approximate surface area is 97.5 Å². The molecule has 0 saturated heterocycles. The number of aliphatic hydroxyl groups is 1. The first-order chi connectivity index (χ1) is 7.38. The molecule has 0 bridgehead atoms. The smallest absolute Gasteiger partial charge is 0.309 e. The van der Waals surface area contributed by atoms with Crippen LogP contribution in [0.15, 0.2) is 11.6 Å². The minimum Gasteiger partial charge on any atom is -0.460 e. The molecule has 1 atom stereocenters. The number of ether oxygens (including phenoxy) is 1. The van der Waals surface area contributed by atoms with Crippen molar-refractivity contribution < 1.29 is 14.6 Å². The lowest BCUT2D eigenvalue weighted by molar-refractivity contribution is -0.156. The van der Waals surface area contributed by atoms with Gasteiger partial charge in [0.2, 0.25) is 0 Å². The Morgan fingerprint density at radius 1 is 1.50 bits per heavy atom. The van der Waals surface area contributed by atoms with Gasteiger partial charge in [-0.15, -0.1) is 0 Å². The molecule has 0 fully saturated rings. The number of rotatable bonds is 3. The van der Waals surface area contributed by atoms with Crippen LogP contribution in [-0.2, 0) is 9.53 Å². The average Bonchev–Trinajstić information content (AvgIpc) is 2.16. The third-order valence-corrected chi connectivity index (χ3v) is 2.53. The van der Waals surface area contributed by atoms with Gasteiger partial charge in [0.05, 0.1) is 12.5 Å².